The Labute approximate surface area is 136 Å². The van der Waals surface area contributed by atoms with Crippen molar-refractivity contribution in [2.75, 3.05) is 0 Å². The van der Waals surface area contributed by atoms with Gasteiger partial charge in [0.15, 0.2) is 11.8 Å². The molecule has 6 nitrogen and oxygen atoms in total. The molecule has 0 aliphatic heterocycles. The summed E-state index contributed by atoms with van der Waals surface area (Å²) in [7, 11) is 0. The Morgan fingerprint density at radius 2 is 2.09 bits per heavy atom. The van der Waals surface area contributed by atoms with Crippen LogP contribution < -0.4 is 11.1 Å². The van der Waals surface area contributed by atoms with Crippen molar-refractivity contribution in [2.24, 2.45) is 10.7 Å². The molecule has 3 N–H and O–H groups in total. The lowest BCUT2D eigenvalue weighted by molar-refractivity contribution is 0.530. The van der Waals surface area contributed by atoms with E-state index in [1.54, 1.807) is 17.1 Å². The Balaban J connectivity index is 1.59. The van der Waals surface area contributed by atoms with Crippen LogP contribution in [0.4, 0.5) is 0 Å². The highest BCUT2D eigenvalue weighted by Crippen LogP contribution is 2.17. The van der Waals surface area contributed by atoms with Gasteiger partial charge in [0.25, 0.3) is 0 Å². The Morgan fingerprint density at radius 3 is 2.83 bits per heavy atom. The van der Waals surface area contributed by atoms with Crippen LogP contribution in [0.3, 0.4) is 0 Å². The molecule has 0 saturated heterocycles. The summed E-state index contributed by atoms with van der Waals surface area (Å²) in [6, 6.07) is 6.28. The van der Waals surface area contributed by atoms with Crippen molar-refractivity contribution in [3.05, 3.63) is 42.4 Å². The van der Waals surface area contributed by atoms with Gasteiger partial charge >= 0.3 is 0 Å². The van der Waals surface area contributed by atoms with E-state index in [1.165, 1.54) is 38.5 Å². The van der Waals surface area contributed by atoms with Crippen molar-refractivity contribution in [1.29, 1.82) is 0 Å². The maximum atomic E-state index is 6.04. The molecule has 1 saturated carbocycles. The second-order valence-corrected chi connectivity index (χ2v) is 6.01. The first-order valence-corrected chi connectivity index (χ1v) is 8.33. The Morgan fingerprint density at radius 1 is 1.26 bits per heavy atom. The molecule has 6 heteroatoms. The van der Waals surface area contributed by atoms with Crippen molar-refractivity contribution in [3.8, 4) is 5.82 Å². The number of pyridine rings is 1. The van der Waals surface area contributed by atoms with Crippen molar-refractivity contribution in [2.45, 2.75) is 51.1 Å². The minimum Gasteiger partial charge on any atom is -0.370 e. The fourth-order valence-electron chi connectivity index (χ4n) is 2.94. The van der Waals surface area contributed by atoms with Gasteiger partial charge in [-0.3, -0.25) is 0 Å². The summed E-state index contributed by atoms with van der Waals surface area (Å²) in [5.74, 6) is 1.33. The monoisotopic (exact) mass is 312 g/mol. The summed E-state index contributed by atoms with van der Waals surface area (Å²) in [5.41, 5.74) is 7.11. The Bertz CT molecular complexity index is 626. The second-order valence-electron chi connectivity index (χ2n) is 6.01. The summed E-state index contributed by atoms with van der Waals surface area (Å²) >= 11 is 0. The molecule has 1 aliphatic rings. The molecule has 2 heterocycles. The smallest absolute Gasteiger partial charge is 0.189 e. The Kier molecular flexibility index (Phi) is 5.24. The number of nitrogens with two attached hydrogens (primary N) is 1. The zero-order chi connectivity index (χ0) is 15.9. The SMILES string of the molecule is NC(=NCc1ccnc(-n2cccn2)c1)NC1CCCCCC1. The molecule has 0 unspecified atom stereocenters. The molecular formula is C17H24N6. The average Bonchev–Trinajstić information content (AvgIpc) is 2.99. The number of guanidine groups is 1. The second kappa shape index (κ2) is 7.76. The van der Waals surface area contributed by atoms with E-state index >= 15 is 0 Å². The predicted octanol–water partition coefficient (Wildman–Crippen LogP) is 2.39. The number of rotatable bonds is 4. The molecule has 1 aliphatic carbocycles. The van der Waals surface area contributed by atoms with Crippen LogP contribution in [0.2, 0.25) is 0 Å². The van der Waals surface area contributed by atoms with E-state index in [1.807, 2.05) is 24.4 Å². The van der Waals surface area contributed by atoms with E-state index < -0.39 is 0 Å². The topological polar surface area (TPSA) is 81.1 Å². The molecule has 122 valence electrons. The van der Waals surface area contributed by atoms with E-state index in [9.17, 15) is 0 Å². The Hall–Kier alpha value is -2.37. The number of nitrogens with one attached hydrogen (secondary N) is 1. The van der Waals surface area contributed by atoms with E-state index in [4.69, 9.17) is 5.73 Å². The minimum atomic E-state index is 0.471. The minimum absolute atomic E-state index is 0.471. The van der Waals surface area contributed by atoms with Crippen LogP contribution in [0, 0.1) is 0 Å². The van der Waals surface area contributed by atoms with Crippen LogP contribution in [-0.2, 0) is 6.54 Å². The largest absolute Gasteiger partial charge is 0.370 e. The van der Waals surface area contributed by atoms with Gasteiger partial charge in [0.2, 0.25) is 0 Å². The molecule has 0 aromatic carbocycles. The molecule has 0 radical (unpaired) electrons. The summed E-state index contributed by atoms with van der Waals surface area (Å²) in [6.07, 6.45) is 13.0. The van der Waals surface area contributed by atoms with Crippen LogP contribution >= 0.6 is 0 Å². The maximum absolute atomic E-state index is 6.04. The summed E-state index contributed by atoms with van der Waals surface area (Å²) in [4.78, 5) is 8.79. The fourth-order valence-corrected chi connectivity index (χ4v) is 2.94. The summed E-state index contributed by atoms with van der Waals surface area (Å²) in [6.45, 7) is 0.544. The highest BCUT2D eigenvalue weighted by molar-refractivity contribution is 5.78. The first-order valence-electron chi connectivity index (χ1n) is 8.33. The van der Waals surface area contributed by atoms with Crippen molar-refractivity contribution >= 4 is 5.96 Å². The third-order valence-electron chi connectivity index (χ3n) is 4.19. The van der Waals surface area contributed by atoms with Crippen molar-refractivity contribution < 1.29 is 0 Å². The highest BCUT2D eigenvalue weighted by atomic mass is 15.3. The summed E-state index contributed by atoms with van der Waals surface area (Å²) < 4.78 is 1.74. The molecule has 2 aromatic rings. The van der Waals surface area contributed by atoms with E-state index in [2.05, 4.69) is 20.4 Å². The molecule has 0 atom stereocenters. The molecule has 1 fully saturated rings. The van der Waals surface area contributed by atoms with Crippen molar-refractivity contribution in [3.63, 3.8) is 0 Å². The van der Waals surface area contributed by atoms with Gasteiger partial charge in [0, 0.05) is 24.6 Å². The quantitative estimate of drug-likeness (QED) is 0.516. The van der Waals surface area contributed by atoms with Crippen LogP contribution in [-0.4, -0.2) is 26.8 Å². The molecular weight excluding hydrogens is 288 g/mol. The number of aliphatic imine (C=N–C) groups is 1. The average molecular weight is 312 g/mol. The molecule has 2 aromatic heterocycles. The zero-order valence-electron chi connectivity index (χ0n) is 13.4. The molecule has 0 bridgehead atoms. The van der Waals surface area contributed by atoms with Crippen LogP contribution in [0.15, 0.2) is 41.8 Å². The van der Waals surface area contributed by atoms with Gasteiger partial charge < -0.3 is 11.1 Å². The van der Waals surface area contributed by atoms with Crippen molar-refractivity contribution in [1.82, 2.24) is 20.1 Å². The lowest BCUT2D eigenvalue weighted by Gasteiger charge is -2.16. The standard InChI is InChI=1S/C17H24N6/c18-17(22-15-6-3-1-2-4-7-15)20-13-14-8-10-19-16(12-14)23-11-5-9-21-23/h5,8-12,15H,1-4,6-7,13H2,(H3,18,20,22). The van der Waals surface area contributed by atoms with Gasteiger partial charge in [-0.15, -0.1) is 0 Å². The number of hydrogen-bond donors (Lipinski definition) is 2. The fraction of sp³-hybridized carbons (Fsp3) is 0.471. The predicted molar refractivity (Wildman–Crippen MR) is 91.3 cm³/mol. The highest BCUT2D eigenvalue weighted by Gasteiger charge is 2.12. The normalized spacial score (nSPS) is 17.0. The van der Waals surface area contributed by atoms with Crippen LogP contribution in [0.5, 0.6) is 0 Å². The van der Waals surface area contributed by atoms with Crippen LogP contribution in [0.25, 0.3) is 5.82 Å². The van der Waals surface area contributed by atoms with Gasteiger partial charge in [0.1, 0.15) is 0 Å². The maximum Gasteiger partial charge on any atom is 0.189 e. The summed E-state index contributed by atoms with van der Waals surface area (Å²) in [5, 5.41) is 7.56. The third-order valence-corrected chi connectivity index (χ3v) is 4.19. The number of nitrogens with zero attached hydrogens (tertiary/aromatic N) is 4. The van der Waals surface area contributed by atoms with Gasteiger partial charge in [-0.05, 0) is 36.6 Å². The van der Waals surface area contributed by atoms with E-state index in [0.29, 0.717) is 18.5 Å². The number of aromatic nitrogens is 3. The molecule has 0 amide bonds. The first-order chi connectivity index (χ1) is 11.3. The van der Waals surface area contributed by atoms with Gasteiger partial charge in [-0.25, -0.2) is 14.7 Å². The van der Waals surface area contributed by atoms with Gasteiger partial charge in [-0.2, -0.15) is 5.10 Å². The van der Waals surface area contributed by atoms with E-state index in [-0.39, 0.29) is 0 Å². The van der Waals surface area contributed by atoms with Gasteiger partial charge in [-0.1, -0.05) is 25.7 Å². The third kappa shape index (κ3) is 4.55. The molecule has 3 rings (SSSR count). The van der Waals surface area contributed by atoms with Crippen LogP contribution in [0.1, 0.15) is 44.1 Å². The molecule has 23 heavy (non-hydrogen) atoms. The van der Waals surface area contributed by atoms with E-state index in [0.717, 1.165) is 11.4 Å². The lowest BCUT2D eigenvalue weighted by atomic mass is 10.1. The zero-order valence-corrected chi connectivity index (χ0v) is 13.4. The first kappa shape index (κ1) is 15.5. The molecule has 0 spiro atoms. The number of hydrogen-bond acceptors (Lipinski definition) is 3. The van der Waals surface area contributed by atoms with Gasteiger partial charge in [0.05, 0.1) is 6.54 Å². The lowest BCUT2D eigenvalue weighted by Crippen LogP contribution is -2.39.